The molecule has 0 fully saturated rings. The summed E-state index contributed by atoms with van der Waals surface area (Å²) in [4.78, 5) is 27.4. The van der Waals surface area contributed by atoms with Gasteiger partial charge in [-0.1, -0.05) is 35.9 Å². The SMILES string of the molecule is Cc1cc(C)c(NC(=O)CN(C)C(=O)C(C)Sc2ccccc2)c(C)c1. The Morgan fingerprint density at radius 1 is 1.08 bits per heavy atom. The summed E-state index contributed by atoms with van der Waals surface area (Å²) in [5, 5.41) is 2.69. The Bertz CT molecular complexity index is 767. The zero-order valence-electron chi connectivity index (χ0n) is 16.0. The van der Waals surface area contributed by atoms with Crippen LogP contribution in [0.25, 0.3) is 0 Å². The molecule has 2 amide bonds. The lowest BCUT2D eigenvalue weighted by atomic mass is 10.1. The van der Waals surface area contributed by atoms with Crippen LogP contribution in [0.15, 0.2) is 47.4 Å². The van der Waals surface area contributed by atoms with Gasteiger partial charge in [0.1, 0.15) is 0 Å². The number of thioether (sulfide) groups is 1. The van der Waals surface area contributed by atoms with E-state index in [1.165, 1.54) is 16.7 Å². The summed E-state index contributed by atoms with van der Waals surface area (Å²) in [6.45, 7) is 7.88. The Balaban J connectivity index is 1.95. The number of hydrogen-bond acceptors (Lipinski definition) is 3. The predicted octanol–water partition coefficient (Wildman–Crippen LogP) is 4.19. The summed E-state index contributed by atoms with van der Waals surface area (Å²) in [6.07, 6.45) is 0. The monoisotopic (exact) mass is 370 g/mol. The fraction of sp³-hybridized carbons (Fsp3) is 0.333. The van der Waals surface area contributed by atoms with Crippen LogP contribution in [0.5, 0.6) is 0 Å². The van der Waals surface area contributed by atoms with Gasteiger partial charge in [0, 0.05) is 17.6 Å². The van der Waals surface area contributed by atoms with Gasteiger partial charge in [0.25, 0.3) is 0 Å². The fourth-order valence-electron chi connectivity index (χ4n) is 2.91. The molecule has 0 saturated heterocycles. The van der Waals surface area contributed by atoms with Crippen molar-refractivity contribution in [2.45, 2.75) is 37.8 Å². The third kappa shape index (κ3) is 5.36. The average Bonchev–Trinajstić information content (AvgIpc) is 2.58. The molecule has 1 N–H and O–H groups in total. The van der Waals surface area contributed by atoms with Gasteiger partial charge >= 0.3 is 0 Å². The summed E-state index contributed by atoms with van der Waals surface area (Å²) >= 11 is 1.49. The molecule has 26 heavy (non-hydrogen) atoms. The lowest BCUT2D eigenvalue weighted by Crippen LogP contribution is -2.39. The molecule has 0 aliphatic carbocycles. The van der Waals surface area contributed by atoms with Gasteiger partial charge in [-0.3, -0.25) is 9.59 Å². The molecule has 2 rings (SSSR count). The largest absolute Gasteiger partial charge is 0.335 e. The van der Waals surface area contributed by atoms with Crippen molar-refractivity contribution in [2.24, 2.45) is 0 Å². The van der Waals surface area contributed by atoms with Crippen LogP contribution >= 0.6 is 11.8 Å². The number of carbonyl (C=O) groups excluding carboxylic acids is 2. The van der Waals surface area contributed by atoms with Crippen molar-refractivity contribution in [3.05, 3.63) is 59.2 Å². The van der Waals surface area contributed by atoms with Gasteiger partial charge in [-0.05, 0) is 51.0 Å². The van der Waals surface area contributed by atoms with Crippen LogP contribution in [-0.2, 0) is 9.59 Å². The summed E-state index contributed by atoms with van der Waals surface area (Å²) in [5.41, 5.74) is 4.04. The van der Waals surface area contributed by atoms with E-state index in [-0.39, 0.29) is 23.6 Å². The number of hydrogen-bond donors (Lipinski definition) is 1. The number of benzene rings is 2. The first-order valence-corrected chi connectivity index (χ1v) is 9.50. The molecule has 5 heteroatoms. The number of rotatable bonds is 6. The van der Waals surface area contributed by atoms with Crippen molar-refractivity contribution >= 4 is 29.3 Å². The minimum absolute atomic E-state index is 0.0330. The second-order valence-corrected chi connectivity index (χ2v) is 8.00. The first-order chi connectivity index (χ1) is 12.3. The zero-order chi connectivity index (χ0) is 19.3. The van der Waals surface area contributed by atoms with Crippen molar-refractivity contribution in [1.29, 1.82) is 0 Å². The van der Waals surface area contributed by atoms with E-state index < -0.39 is 0 Å². The van der Waals surface area contributed by atoms with Crippen molar-refractivity contribution in [1.82, 2.24) is 4.90 Å². The zero-order valence-corrected chi connectivity index (χ0v) is 16.8. The molecule has 0 bridgehead atoms. The van der Waals surface area contributed by atoms with E-state index in [1.807, 2.05) is 70.2 Å². The van der Waals surface area contributed by atoms with E-state index in [0.717, 1.165) is 27.3 Å². The lowest BCUT2D eigenvalue weighted by Gasteiger charge is -2.21. The van der Waals surface area contributed by atoms with Crippen molar-refractivity contribution < 1.29 is 9.59 Å². The van der Waals surface area contributed by atoms with Crippen LogP contribution in [0.2, 0.25) is 0 Å². The maximum absolute atomic E-state index is 12.5. The fourth-order valence-corrected chi connectivity index (χ4v) is 3.92. The highest BCUT2D eigenvalue weighted by molar-refractivity contribution is 8.00. The summed E-state index contributed by atoms with van der Waals surface area (Å²) in [5.74, 6) is -0.251. The standard InChI is InChI=1S/C21H26N2O2S/c1-14-11-15(2)20(16(3)12-14)22-19(24)13-23(5)21(25)17(4)26-18-9-7-6-8-10-18/h6-12,17H,13H2,1-5H3,(H,22,24). The maximum atomic E-state index is 12.5. The number of aryl methyl sites for hydroxylation is 3. The molecule has 1 unspecified atom stereocenters. The Kier molecular flexibility index (Phi) is 6.86. The Morgan fingerprint density at radius 3 is 2.23 bits per heavy atom. The first-order valence-electron chi connectivity index (χ1n) is 8.62. The Hall–Kier alpha value is -2.27. The van der Waals surface area contributed by atoms with Crippen LogP contribution in [0.3, 0.4) is 0 Å². The second-order valence-electron chi connectivity index (χ2n) is 6.59. The lowest BCUT2D eigenvalue weighted by molar-refractivity contribution is -0.132. The van der Waals surface area contributed by atoms with Gasteiger partial charge in [0.05, 0.1) is 11.8 Å². The van der Waals surface area contributed by atoms with E-state index in [1.54, 1.807) is 7.05 Å². The predicted molar refractivity (Wildman–Crippen MR) is 109 cm³/mol. The highest BCUT2D eigenvalue weighted by Crippen LogP contribution is 2.24. The molecule has 2 aromatic carbocycles. The minimum atomic E-state index is -0.252. The average molecular weight is 371 g/mol. The normalized spacial score (nSPS) is 11.7. The summed E-state index contributed by atoms with van der Waals surface area (Å²) in [7, 11) is 1.67. The molecule has 0 heterocycles. The quantitative estimate of drug-likeness (QED) is 0.776. The minimum Gasteiger partial charge on any atom is -0.335 e. The van der Waals surface area contributed by atoms with Gasteiger partial charge in [0.15, 0.2) is 0 Å². The van der Waals surface area contributed by atoms with E-state index >= 15 is 0 Å². The number of nitrogens with zero attached hydrogens (tertiary/aromatic N) is 1. The number of carbonyl (C=O) groups is 2. The highest BCUT2D eigenvalue weighted by atomic mass is 32.2. The molecular formula is C21H26N2O2S. The van der Waals surface area contributed by atoms with Crippen LogP contribution < -0.4 is 5.32 Å². The molecule has 0 aliphatic rings. The smallest absolute Gasteiger partial charge is 0.243 e. The Labute approximate surface area is 160 Å². The van der Waals surface area contributed by atoms with Crippen molar-refractivity contribution in [2.75, 3.05) is 18.9 Å². The molecule has 0 saturated carbocycles. The first kappa shape index (κ1) is 20.0. The van der Waals surface area contributed by atoms with Crippen molar-refractivity contribution in [3.8, 4) is 0 Å². The number of likely N-dealkylation sites (N-methyl/N-ethyl adjacent to an activating group) is 1. The molecule has 2 aromatic rings. The molecule has 0 spiro atoms. The molecular weight excluding hydrogens is 344 g/mol. The highest BCUT2D eigenvalue weighted by Gasteiger charge is 2.21. The maximum Gasteiger partial charge on any atom is 0.243 e. The van der Waals surface area contributed by atoms with E-state index in [9.17, 15) is 9.59 Å². The molecule has 138 valence electrons. The molecule has 0 radical (unpaired) electrons. The number of amides is 2. The third-order valence-corrected chi connectivity index (χ3v) is 5.20. The molecule has 0 aromatic heterocycles. The molecule has 4 nitrogen and oxygen atoms in total. The summed E-state index contributed by atoms with van der Waals surface area (Å²) < 4.78 is 0. The van der Waals surface area contributed by atoms with Crippen LogP contribution in [0, 0.1) is 20.8 Å². The van der Waals surface area contributed by atoms with E-state index in [4.69, 9.17) is 0 Å². The van der Waals surface area contributed by atoms with Crippen LogP contribution in [0.4, 0.5) is 5.69 Å². The van der Waals surface area contributed by atoms with Gasteiger partial charge < -0.3 is 10.2 Å². The number of nitrogens with one attached hydrogen (secondary N) is 1. The van der Waals surface area contributed by atoms with Gasteiger partial charge in [0.2, 0.25) is 11.8 Å². The molecule has 1 atom stereocenters. The third-order valence-electron chi connectivity index (χ3n) is 4.10. The Morgan fingerprint density at radius 2 is 1.65 bits per heavy atom. The van der Waals surface area contributed by atoms with Gasteiger partial charge in [-0.15, -0.1) is 11.8 Å². The van der Waals surface area contributed by atoms with Gasteiger partial charge in [-0.2, -0.15) is 0 Å². The topological polar surface area (TPSA) is 49.4 Å². The molecule has 0 aliphatic heterocycles. The van der Waals surface area contributed by atoms with E-state index in [0.29, 0.717) is 0 Å². The van der Waals surface area contributed by atoms with Crippen LogP contribution in [0.1, 0.15) is 23.6 Å². The van der Waals surface area contributed by atoms with Crippen LogP contribution in [-0.4, -0.2) is 35.6 Å². The van der Waals surface area contributed by atoms with E-state index in [2.05, 4.69) is 5.32 Å². The van der Waals surface area contributed by atoms with Gasteiger partial charge in [-0.25, -0.2) is 0 Å². The summed E-state index contributed by atoms with van der Waals surface area (Å²) in [6, 6.07) is 13.9. The second kappa shape index (κ2) is 8.90. The van der Waals surface area contributed by atoms with Crippen molar-refractivity contribution in [3.63, 3.8) is 0 Å². The number of anilines is 1.